The van der Waals surface area contributed by atoms with Gasteiger partial charge in [0.2, 0.25) is 5.88 Å². The highest BCUT2D eigenvalue weighted by molar-refractivity contribution is 5.84. The molecule has 6 nitrogen and oxygen atoms in total. The van der Waals surface area contributed by atoms with Crippen molar-refractivity contribution < 1.29 is 19.3 Å². The van der Waals surface area contributed by atoms with E-state index in [0.29, 0.717) is 33.0 Å². The maximum atomic E-state index is 8.74. The zero-order valence-corrected chi connectivity index (χ0v) is 19.4. The van der Waals surface area contributed by atoms with Gasteiger partial charge in [-0.1, -0.05) is 72.8 Å². The Labute approximate surface area is 200 Å². The number of fused-ring (bicyclic) bond motifs is 1. The second kappa shape index (κ2) is 12.9. The van der Waals surface area contributed by atoms with Gasteiger partial charge in [-0.3, -0.25) is 0 Å². The Balaban J connectivity index is 1.44. The molecule has 0 saturated carbocycles. The second-order valence-corrected chi connectivity index (χ2v) is 8.00. The van der Waals surface area contributed by atoms with E-state index in [9.17, 15) is 0 Å². The fraction of sp³-hybridized carbons (Fsp3) is 0.321. The minimum Gasteiger partial charge on any atom is -0.475 e. The quantitative estimate of drug-likeness (QED) is 0.277. The molecule has 3 aromatic carbocycles. The summed E-state index contributed by atoms with van der Waals surface area (Å²) in [6.07, 6.45) is 0.900. The van der Waals surface area contributed by atoms with Crippen LogP contribution in [0, 0.1) is 0 Å². The lowest BCUT2D eigenvalue weighted by Gasteiger charge is -2.19. The minimum absolute atomic E-state index is 0.0234. The smallest absolute Gasteiger partial charge is 0.219 e. The topological polar surface area (TPSA) is 65.7 Å². The molecule has 0 aliphatic carbocycles. The molecule has 4 aromatic rings. The van der Waals surface area contributed by atoms with Crippen molar-refractivity contribution in [2.45, 2.75) is 18.9 Å². The fourth-order valence-corrected chi connectivity index (χ4v) is 4.09. The Morgan fingerprint density at radius 2 is 1.29 bits per heavy atom. The Hall–Kier alpha value is -3.19. The molecular formula is C28H32N2O4. The number of rotatable bonds is 14. The maximum Gasteiger partial charge on any atom is 0.219 e. The molecule has 6 heteroatoms. The van der Waals surface area contributed by atoms with Crippen molar-refractivity contribution >= 4 is 10.9 Å². The van der Waals surface area contributed by atoms with Crippen molar-refractivity contribution in [1.82, 2.24) is 9.78 Å². The van der Waals surface area contributed by atoms with Crippen LogP contribution in [0.4, 0.5) is 0 Å². The number of ether oxygens (including phenoxy) is 3. The average Bonchev–Trinajstić information content (AvgIpc) is 3.24. The lowest BCUT2D eigenvalue weighted by atomic mass is 9.88. The van der Waals surface area contributed by atoms with Crippen molar-refractivity contribution in [3.8, 4) is 5.88 Å². The summed E-state index contributed by atoms with van der Waals surface area (Å²) >= 11 is 0. The van der Waals surface area contributed by atoms with Crippen LogP contribution in [0.3, 0.4) is 0 Å². The molecule has 178 valence electrons. The highest BCUT2D eigenvalue weighted by atomic mass is 16.5. The molecule has 1 aromatic heterocycles. The highest BCUT2D eigenvalue weighted by Gasteiger charge is 2.17. The van der Waals surface area contributed by atoms with Crippen LogP contribution >= 0.6 is 0 Å². The SMILES string of the molecule is OCCOCCOCCOc1c2ccccc2nn1CCC(c1ccccc1)c1ccccc1. The van der Waals surface area contributed by atoms with E-state index >= 15 is 0 Å². The van der Waals surface area contributed by atoms with Gasteiger partial charge in [-0.25, -0.2) is 4.68 Å². The molecule has 0 radical (unpaired) electrons. The van der Waals surface area contributed by atoms with E-state index in [1.54, 1.807) is 0 Å². The van der Waals surface area contributed by atoms with E-state index in [4.69, 9.17) is 24.4 Å². The van der Waals surface area contributed by atoms with Crippen molar-refractivity contribution in [1.29, 1.82) is 0 Å². The van der Waals surface area contributed by atoms with Crippen molar-refractivity contribution in [2.75, 3.05) is 39.6 Å². The third-order valence-electron chi connectivity index (χ3n) is 5.70. The summed E-state index contributed by atoms with van der Waals surface area (Å²) in [5.74, 6) is 1.04. The highest BCUT2D eigenvalue weighted by Crippen LogP contribution is 2.31. The van der Waals surface area contributed by atoms with Crippen LogP contribution in [0.5, 0.6) is 5.88 Å². The Kier molecular flexibility index (Phi) is 9.08. The standard InChI is InChI=1S/C28H32N2O4/c31-17-18-32-19-20-33-21-22-34-28-26-13-7-8-14-27(26)29-30(28)16-15-25(23-9-3-1-4-10-23)24-11-5-2-6-12-24/h1-14,25,31H,15-22H2. The molecule has 0 atom stereocenters. The number of hydrogen-bond donors (Lipinski definition) is 1. The second-order valence-electron chi connectivity index (χ2n) is 8.00. The van der Waals surface area contributed by atoms with Crippen LogP contribution in [0.25, 0.3) is 10.9 Å². The van der Waals surface area contributed by atoms with E-state index in [1.807, 2.05) is 28.9 Å². The van der Waals surface area contributed by atoms with Crippen LogP contribution in [-0.2, 0) is 16.0 Å². The predicted molar refractivity (Wildman–Crippen MR) is 133 cm³/mol. The molecule has 1 heterocycles. The predicted octanol–water partition coefficient (Wildman–Crippen LogP) is 4.66. The van der Waals surface area contributed by atoms with Crippen LogP contribution in [0.2, 0.25) is 0 Å². The first-order chi connectivity index (χ1) is 16.9. The lowest BCUT2D eigenvalue weighted by molar-refractivity contribution is 0.0240. The van der Waals surface area contributed by atoms with Crippen LogP contribution in [0.1, 0.15) is 23.5 Å². The van der Waals surface area contributed by atoms with Gasteiger partial charge in [0.05, 0.1) is 43.9 Å². The molecule has 0 amide bonds. The molecule has 0 unspecified atom stereocenters. The van der Waals surface area contributed by atoms with Crippen LogP contribution < -0.4 is 4.74 Å². The minimum atomic E-state index is 0.0234. The summed E-state index contributed by atoms with van der Waals surface area (Å²) in [4.78, 5) is 0. The Morgan fingerprint density at radius 3 is 1.97 bits per heavy atom. The lowest BCUT2D eigenvalue weighted by Crippen LogP contribution is -2.14. The molecule has 0 fully saturated rings. The number of benzene rings is 3. The number of aliphatic hydroxyl groups excluding tert-OH is 1. The van der Waals surface area contributed by atoms with Gasteiger partial charge in [0.15, 0.2) is 0 Å². The van der Waals surface area contributed by atoms with E-state index in [1.165, 1.54) is 11.1 Å². The van der Waals surface area contributed by atoms with Crippen molar-refractivity contribution in [3.05, 3.63) is 96.1 Å². The normalized spacial score (nSPS) is 11.4. The van der Waals surface area contributed by atoms with Gasteiger partial charge >= 0.3 is 0 Å². The van der Waals surface area contributed by atoms with Gasteiger partial charge in [-0.15, -0.1) is 0 Å². The molecular weight excluding hydrogens is 428 g/mol. The van der Waals surface area contributed by atoms with Gasteiger partial charge in [0, 0.05) is 12.5 Å². The molecule has 4 rings (SSSR count). The number of nitrogens with zero attached hydrogens (tertiary/aromatic N) is 2. The third kappa shape index (κ3) is 6.44. The maximum absolute atomic E-state index is 8.74. The third-order valence-corrected chi connectivity index (χ3v) is 5.70. The summed E-state index contributed by atoms with van der Waals surface area (Å²) in [5.41, 5.74) is 3.51. The molecule has 0 saturated heterocycles. The first kappa shape index (κ1) is 24.0. The molecule has 0 aliphatic rings. The monoisotopic (exact) mass is 460 g/mol. The molecule has 0 aliphatic heterocycles. The summed E-state index contributed by atoms with van der Waals surface area (Å²) < 4.78 is 18.9. The zero-order valence-electron chi connectivity index (χ0n) is 19.4. The first-order valence-corrected chi connectivity index (χ1v) is 11.8. The largest absolute Gasteiger partial charge is 0.475 e. The number of hydrogen-bond acceptors (Lipinski definition) is 5. The molecule has 34 heavy (non-hydrogen) atoms. The molecule has 0 bridgehead atoms. The van der Waals surface area contributed by atoms with Crippen LogP contribution in [-0.4, -0.2) is 54.5 Å². The van der Waals surface area contributed by atoms with E-state index in [-0.39, 0.29) is 12.5 Å². The van der Waals surface area contributed by atoms with E-state index < -0.39 is 0 Å². The van der Waals surface area contributed by atoms with E-state index in [2.05, 4.69) is 60.7 Å². The summed E-state index contributed by atoms with van der Waals surface area (Å²) in [6.45, 7) is 2.90. The summed E-state index contributed by atoms with van der Waals surface area (Å²) in [5, 5.41) is 14.6. The Bertz CT molecular complexity index is 1080. The zero-order chi connectivity index (χ0) is 23.4. The van der Waals surface area contributed by atoms with Gasteiger partial charge in [-0.2, -0.15) is 5.10 Å². The number of aromatic nitrogens is 2. The van der Waals surface area contributed by atoms with Crippen molar-refractivity contribution in [3.63, 3.8) is 0 Å². The Morgan fingerprint density at radius 1 is 0.706 bits per heavy atom. The van der Waals surface area contributed by atoms with Crippen LogP contribution in [0.15, 0.2) is 84.9 Å². The summed E-state index contributed by atoms with van der Waals surface area (Å²) in [7, 11) is 0. The first-order valence-electron chi connectivity index (χ1n) is 11.8. The van der Waals surface area contributed by atoms with Gasteiger partial charge in [0.25, 0.3) is 0 Å². The molecule has 0 spiro atoms. The summed E-state index contributed by atoms with van der Waals surface area (Å²) in [6, 6.07) is 29.3. The average molecular weight is 461 g/mol. The number of aliphatic hydroxyl groups is 1. The molecule has 1 N–H and O–H groups in total. The fourth-order valence-electron chi connectivity index (χ4n) is 4.09. The van der Waals surface area contributed by atoms with Gasteiger partial charge < -0.3 is 19.3 Å². The number of aryl methyl sites for hydroxylation is 1. The van der Waals surface area contributed by atoms with Gasteiger partial charge in [0.1, 0.15) is 6.61 Å². The van der Waals surface area contributed by atoms with E-state index in [0.717, 1.165) is 29.7 Å². The van der Waals surface area contributed by atoms with Crippen molar-refractivity contribution in [2.24, 2.45) is 0 Å². The van der Waals surface area contributed by atoms with Gasteiger partial charge in [-0.05, 0) is 29.7 Å².